The third-order valence-corrected chi connectivity index (χ3v) is 4.26. The number of urea groups is 1. The van der Waals surface area contributed by atoms with Crippen LogP contribution in [-0.2, 0) is 19.4 Å². The maximum absolute atomic E-state index is 11.9. The minimum atomic E-state index is -0.174. The molecule has 2 amide bonds. The average Bonchev–Trinajstić information content (AvgIpc) is 3.03. The molecule has 134 valence electrons. The molecular formula is C19H26N4O2. The molecule has 2 N–H and O–H groups in total. The molecule has 0 saturated carbocycles. The number of para-hydroxylation sites is 1. The van der Waals surface area contributed by atoms with Crippen molar-refractivity contribution < 1.29 is 9.53 Å². The SMILES string of the molecule is CC(CNC(=O)NCCc1cn2c(n1)CCCC2)Oc1ccccc1. The van der Waals surface area contributed by atoms with Gasteiger partial charge in [-0.25, -0.2) is 9.78 Å². The van der Waals surface area contributed by atoms with Gasteiger partial charge in [-0.05, 0) is 31.9 Å². The molecule has 0 aliphatic carbocycles. The molecule has 1 aromatic heterocycles. The minimum absolute atomic E-state index is 0.0898. The lowest BCUT2D eigenvalue weighted by Crippen LogP contribution is -2.41. The molecule has 0 radical (unpaired) electrons. The number of fused-ring (bicyclic) bond motifs is 1. The summed E-state index contributed by atoms with van der Waals surface area (Å²) in [5.41, 5.74) is 1.05. The number of carbonyl (C=O) groups excluding carboxylic acids is 1. The van der Waals surface area contributed by atoms with Crippen molar-refractivity contribution in [3.05, 3.63) is 48.0 Å². The number of hydrogen-bond acceptors (Lipinski definition) is 3. The second-order valence-corrected chi connectivity index (χ2v) is 6.43. The molecule has 0 spiro atoms. The molecule has 0 fully saturated rings. The van der Waals surface area contributed by atoms with Crippen LogP contribution in [0.3, 0.4) is 0 Å². The van der Waals surface area contributed by atoms with E-state index in [0.717, 1.165) is 30.8 Å². The lowest BCUT2D eigenvalue weighted by Gasteiger charge is -2.15. The molecule has 1 aliphatic heterocycles. The Balaban J connectivity index is 1.33. The Hall–Kier alpha value is -2.50. The minimum Gasteiger partial charge on any atom is -0.489 e. The summed E-state index contributed by atoms with van der Waals surface area (Å²) in [4.78, 5) is 16.5. The fourth-order valence-corrected chi connectivity index (χ4v) is 2.97. The van der Waals surface area contributed by atoms with E-state index < -0.39 is 0 Å². The number of rotatable bonds is 7. The Morgan fingerprint density at radius 1 is 1.28 bits per heavy atom. The smallest absolute Gasteiger partial charge is 0.314 e. The van der Waals surface area contributed by atoms with Crippen molar-refractivity contribution in [1.29, 1.82) is 0 Å². The Labute approximate surface area is 148 Å². The molecule has 1 atom stereocenters. The molecule has 0 saturated heterocycles. The molecule has 25 heavy (non-hydrogen) atoms. The van der Waals surface area contributed by atoms with Crippen LogP contribution in [0.4, 0.5) is 4.79 Å². The standard InChI is InChI=1S/C19H26N4O2/c1-15(25-17-7-3-2-4-8-17)13-21-19(24)20-11-10-16-14-23-12-6-5-9-18(23)22-16/h2-4,7-8,14-15H,5-6,9-13H2,1H3,(H2,20,21,24). The highest BCUT2D eigenvalue weighted by Crippen LogP contribution is 2.14. The van der Waals surface area contributed by atoms with E-state index >= 15 is 0 Å². The van der Waals surface area contributed by atoms with Gasteiger partial charge in [0.2, 0.25) is 0 Å². The Kier molecular flexibility index (Phi) is 5.93. The van der Waals surface area contributed by atoms with Crippen LogP contribution < -0.4 is 15.4 Å². The van der Waals surface area contributed by atoms with Gasteiger partial charge in [0, 0.05) is 32.1 Å². The summed E-state index contributed by atoms with van der Waals surface area (Å²) in [7, 11) is 0. The summed E-state index contributed by atoms with van der Waals surface area (Å²) in [6, 6.07) is 9.43. The van der Waals surface area contributed by atoms with E-state index in [1.807, 2.05) is 37.3 Å². The zero-order chi connectivity index (χ0) is 17.5. The van der Waals surface area contributed by atoms with Crippen LogP contribution in [0.25, 0.3) is 0 Å². The second-order valence-electron chi connectivity index (χ2n) is 6.43. The van der Waals surface area contributed by atoms with Gasteiger partial charge in [-0.1, -0.05) is 18.2 Å². The lowest BCUT2D eigenvalue weighted by molar-refractivity contribution is 0.208. The van der Waals surface area contributed by atoms with E-state index in [2.05, 4.69) is 26.4 Å². The Morgan fingerprint density at radius 2 is 2.12 bits per heavy atom. The number of amides is 2. The van der Waals surface area contributed by atoms with E-state index in [1.54, 1.807) is 0 Å². The van der Waals surface area contributed by atoms with Crippen molar-refractivity contribution in [3.63, 3.8) is 0 Å². The number of aryl methyl sites for hydroxylation is 2. The van der Waals surface area contributed by atoms with E-state index in [-0.39, 0.29) is 12.1 Å². The van der Waals surface area contributed by atoms with Gasteiger partial charge in [0.25, 0.3) is 0 Å². The van der Waals surface area contributed by atoms with Gasteiger partial charge in [0.15, 0.2) is 0 Å². The molecular weight excluding hydrogens is 316 g/mol. The highest BCUT2D eigenvalue weighted by Gasteiger charge is 2.12. The topological polar surface area (TPSA) is 68.2 Å². The molecule has 1 unspecified atom stereocenters. The highest BCUT2D eigenvalue weighted by atomic mass is 16.5. The summed E-state index contributed by atoms with van der Waals surface area (Å²) >= 11 is 0. The quantitative estimate of drug-likeness (QED) is 0.812. The van der Waals surface area contributed by atoms with Crippen LogP contribution in [0.2, 0.25) is 0 Å². The first kappa shape index (κ1) is 17.3. The number of ether oxygens (including phenoxy) is 1. The number of imidazole rings is 1. The van der Waals surface area contributed by atoms with Gasteiger partial charge >= 0.3 is 6.03 Å². The average molecular weight is 342 g/mol. The number of benzene rings is 1. The van der Waals surface area contributed by atoms with Gasteiger partial charge in [-0.2, -0.15) is 0 Å². The summed E-state index contributed by atoms with van der Waals surface area (Å²) in [5.74, 6) is 1.98. The Bertz CT molecular complexity index is 660. The molecule has 6 nitrogen and oxygen atoms in total. The first-order chi connectivity index (χ1) is 12.2. The van der Waals surface area contributed by atoms with E-state index in [4.69, 9.17) is 4.74 Å². The second kappa shape index (κ2) is 8.55. The fourth-order valence-electron chi connectivity index (χ4n) is 2.97. The number of hydrogen-bond donors (Lipinski definition) is 2. The van der Waals surface area contributed by atoms with Crippen LogP contribution in [0.1, 0.15) is 31.3 Å². The molecule has 3 rings (SSSR count). The third kappa shape index (κ3) is 5.24. The van der Waals surface area contributed by atoms with Crippen LogP contribution in [-0.4, -0.2) is 34.8 Å². The number of nitrogens with zero attached hydrogens (tertiary/aromatic N) is 2. The van der Waals surface area contributed by atoms with Crippen molar-refractivity contribution in [2.24, 2.45) is 0 Å². The van der Waals surface area contributed by atoms with Crippen molar-refractivity contribution in [2.75, 3.05) is 13.1 Å². The third-order valence-electron chi connectivity index (χ3n) is 4.26. The lowest BCUT2D eigenvalue weighted by atomic mass is 10.2. The highest BCUT2D eigenvalue weighted by molar-refractivity contribution is 5.73. The maximum Gasteiger partial charge on any atom is 0.314 e. The predicted molar refractivity (Wildman–Crippen MR) is 96.8 cm³/mol. The molecule has 6 heteroatoms. The first-order valence-corrected chi connectivity index (χ1v) is 8.99. The monoisotopic (exact) mass is 342 g/mol. The number of nitrogens with one attached hydrogen (secondary N) is 2. The van der Waals surface area contributed by atoms with Crippen molar-refractivity contribution in [1.82, 2.24) is 20.2 Å². The molecule has 1 aromatic carbocycles. The van der Waals surface area contributed by atoms with Gasteiger partial charge in [0.1, 0.15) is 17.7 Å². The van der Waals surface area contributed by atoms with E-state index in [1.165, 1.54) is 18.7 Å². The molecule has 0 bridgehead atoms. The molecule has 2 heterocycles. The summed E-state index contributed by atoms with van der Waals surface area (Å²) in [6.07, 6.45) is 6.29. The summed E-state index contributed by atoms with van der Waals surface area (Å²) in [6.45, 7) is 4.04. The van der Waals surface area contributed by atoms with E-state index in [9.17, 15) is 4.79 Å². The normalized spacial score (nSPS) is 14.4. The van der Waals surface area contributed by atoms with Crippen molar-refractivity contribution in [3.8, 4) is 5.75 Å². The molecule has 1 aliphatic rings. The van der Waals surface area contributed by atoms with Crippen LogP contribution in [0.15, 0.2) is 36.5 Å². The number of aromatic nitrogens is 2. The van der Waals surface area contributed by atoms with Crippen LogP contribution in [0.5, 0.6) is 5.75 Å². The fraction of sp³-hybridized carbons (Fsp3) is 0.474. The van der Waals surface area contributed by atoms with Gasteiger partial charge in [-0.3, -0.25) is 0 Å². The zero-order valence-corrected chi connectivity index (χ0v) is 14.7. The van der Waals surface area contributed by atoms with Crippen molar-refractivity contribution in [2.45, 2.75) is 45.3 Å². The van der Waals surface area contributed by atoms with Crippen LogP contribution >= 0.6 is 0 Å². The van der Waals surface area contributed by atoms with Gasteiger partial charge in [0.05, 0.1) is 12.2 Å². The van der Waals surface area contributed by atoms with E-state index in [0.29, 0.717) is 13.1 Å². The van der Waals surface area contributed by atoms with Gasteiger partial charge < -0.3 is 19.9 Å². The zero-order valence-electron chi connectivity index (χ0n) is 14.7. The predicted octanol–water partition coefficient (Wildman–Crippen LogP) is 2.53. The van der Waals surface area contributed by atoms with Crippen molar-refractivity contribution >= 4 is 6.03 Å². The van der Waals surface area contributed by atoms with Crippen LogP contribution in [0, 0.1) is 0 Å². The Morgan fingerprint density at radius 3 is 2.92 bits per heavy atom. The maximum atomic E-state index is 11.9. The molecule has 2 aromatic rings. The van der Waals surface area contributed by atoms with Gasteiger partial charge in [-0.15, -0.1) is 0 Å². The first-order valence-electron chi connectivity index (χ1n) is 8.99. The summed E-state index contributed by atoms with van der Waals surface area (Å²) < 4.78 is 7.97. The summed E-state index contributed by atoms with van der Waals surface area (Å²) in [5, 5.41) is 5.71. The number of carbonyl (C=O) groups is 1. The largest absolute Gasteiger partial charge is 0.489 e.